The second kappa shape index (κ2) is 6.32. The number of alkyl carbamates (subject to hydrolysis) is 1. The Morgan fingerprint density at radius 1 is 1.19 bits per heavy atom. The molecule has 1 rings (SSSR count). The van der Waals surface area contributed by atoms with E-state index in [1.807, 2.05) is 0 Å². The molecule has 0 aliphatic heterocycles. The van der Waals surface area contributed by atoms with Crippen LogP contribution < -0.4 is 5.32 Å². The molecule has 0 bridgehead atoms. The molecule has 3 nitrogen and oxygen atoms in total. The minimum absolute atomic E-state index is 0.0547. The number of nitrogens with one attached hydrogen (secondary N) is 1. The lowest BCUT2D eigenvalue weighted by Crippen LogP contribution is -2.34. The number of rotatable bonds is 3. The minimum Gasteiger partial charge on any atom is -0.444 e. The van der Waals surface area contributed by atoms with E-state index in [0.717, 1.165) is 24.3 Å². The number of hydrogen-bond donors (Lipinski definition) is 1. The number of ether oxygens (including phenoxy) is 1. The zero-order valence-electron chi connectivity index (χ0n) is 11.9. The lowest BCUT2D eigenvalue weighted by atomic mass is 10.1. The third-order valence-corrected chi connectivity index (χ3v) is 2.42. The Hall–Kier alpha value is -1.79. The van der Waals surface area contributed by atoms with E-state index < -0.39 is 29.6 Å². The number of alkyl halides is 4. The Labute approximate surface area is 120 Å². The summed E-state index contributed by atoms with van der Waals surface area (Å²) in [5, 5.41) is 2.22. The molecule has 1 aromatic rings. The normalized spacial score (nSPS) is 13.7. The van der Waals surface area contributed by atoms with Gasteiger partial charge in [-0.3, -0.25) is 0 Å². The number of halogens is 4. The summed E-state index contributed by atoms with van der Waals surface area (Å²) in [6.45, 7) is 4.61. The summed E-state index contributed by atoms with van der Waals surface area (Å²) in [7, 11) is 0. The van der Waals surface area contributed by atoms with Gasteiger partial charge in [-0.05, 0) is 38.5 Å². The van der Waals surface area contributed by atoms with Crippen molar-refractivity contribution < 1.29 is 27.1 Å². The SMILES string of the molecule is CC(C)(C)OC(=O)NCC(F)c1ccc(C(F)(F)F)cc1. The van der Waals surface area contributed by atoms with Crippen LogP contribution in [0.3, 0.4) is 0 Å². The van der Waals surface area contributed by atoms with Crippen LogP contribution in [0.5, 0.6) is 0 Å². The van der Waals surface area contributed by atoms with Gasteiger partial charge >= 0.3 is 12.3 Å². The third-order valence-electron chi connectivity index (χ3n) is 2.42. The van der Waals surface area contributed by atoms with Crippen molar-refractivity contribution in [3.63, 3.8) is 0 Å². The van der Waals surface area contributed by atoms with Crippen LogP contribution in [-0.2, 0) is 10.9 Å². The van der Waals surface area contributed by atoms with Crippen LogP contribution in [0, 0.1) is 0 Å². The first-order chi connectivity index (χ1) is 9.49. The van der Waals surface area contributed by atoms with Crippen molar-refractivity contribution in [2.75, 3.05) is 6.54 Å². The first-order valence-electron chi connectivity index (χ1n) is 6.27. The molecule has 0 fully saturated rings. The maximum absolute atomic E-state index is 13.8. The van der Waals surface area contributed by atoms with Crippen LogP contribution in [0.15, 0.2) is 24.3 Å². The Morgan fingerprint density at radius 3 is 2.14 bits per heavy atom. The monoisotopic (exact) mass is 307 g/mol. The van der Waals surface area contributed by atoms with Crippen LogP contribution in [-0.4, -0.2) is 18.2 Å². The fourth-order valence-electron chi connectivity index (χ4n) is 1.49. The fraction of sp³-hybridized carbons (Fsp3) is 0.500. The molecule has 1 unspecified atom stereocenters. The molecular weight excluding hydrogens is 290 g/mol. The van der Waals surface area contributed by atoms with Crippen molar-refractivity contribution in [1.82, 2.24) is 5.32 Å². The summed E-state index contributed by atoms with van der Waals surface area (Å²) < 4.78 is 55.8. The quantitative estimate of drug-likeness (QED) is 0.848. The maximum atomic E-state index is 13.8. The molecule has 1 atom stereocenters. The lowest BCUT2D eigenvalue weighted by molar-refractivity contribution is -0.137. The standard InChI is InChI=1S/C14H17F4NO2/c1-13(2,3)21-12(20)19-8-11(15)9-4-6-10(7-5-9)14(16,17)18/h4-7,11H,8H2,1-3H3,(H,19,20). The molecular formula is C14H17F4NO2. The lowest BCUT2D eigenvalue weighted by Gasteiger charge is -2.20. The summed E-state index contributed by atoms with van der Waals surface area (Å²) in [6.07, 6.45) is -6.85. The molecule has 1 N–H and O–H groups in total. The number of carbonyl (C=O) groups excluding carboxylic acids is 1. The van der Waals surface area contributed by atoms with E-state index in [1.165, 1.54) is 0 Å². The van der Waals surface area contributed by atoms with Crippen molar-refractivity contribution in [1.29, 1.82) is 0 Å². The van der Waals surface area contributed by atoms with E-state index in [1.54, 1.807) is 20.8 Å². The van der Waals surface area contributed by atoms with E-state index in [9.17, 15) is 22.4 Å². The topological polar surface area (TPSA) is 38.3 Å². The average molecular weight is 307 g/mol. The smallest absolute Gasteiger partial charge is 0.416 e. The third kappa shape index (κ3) is 6.01. The second-order valence-electron chi connectivity index (χ2n) is 5.47. The van der Waals surface area contributed by atoms with Gasteiger partial charge in [0, 0.05) is 0 Å². The zero-order chi connectivity index (χ0) is 16.3. The number of benzene rings is 1. The van der Waals surface area contributed by atoms with Gasteiger partial charge in [-0.2, -0.15) is 13.2 Å². The van der Waals surface area contributed by atoms with Crippen LogP contribution >= 0.6 is 0 Å². The Morgan fingerprint density at radius 2 is 1.71 bits per heavy atom. The summed E-state index contributed by atoms with van der Waals surface area (Å²) >= 11 is 0. The molecule has 0 saturated carbocycles. The van der Waals surface area contributed by atoms with Crippen LogP contribution in [0.25, 0.3) is 0 Å². The fourth-order valence-corrected chi connectivity index (χ4v) is 1.49. The maximum Gasteiger partial charge on any atom is 0.416 e. The van der Waals surface area contributed by atoms with Gasteiger partial charge < -0.3 is 10.1 Å². The molecule has 21 heavy (non-hydrogen) atoms. The van der Waals surface area contributed by atoms with Gasteiger partial charge in [0.25, 0.3) is 0 Å². The van der Waals surface area contributed by atoms with Gasteiger partial charge in [0.05, 0.1) is 12.1 Å². The highest BCUT2D eigenvalue weighted by Crippen LogP contribution is 2.30. The largest absolute Gasteiger partial charge is 0.444 e. The van der Waals surface area contributed by atoms with Crippen molar-refractivity contribution in [3.05, 3.63) is 35.4 Å². The molecule has 0 aliphatic carbocycles. The summed E-state index contributed by atoms with van der Waals surface area (Å²) in [5.74, 6) is 0. The molecule has 0 aromatic heterocycles. The van der Waals surface area contributed by atoms with E-state index >= 15 is 0 Å². The van der Waals surface area contributed by atoms with Crippen LogP contribution in [0.1, 0.15) is 38.1 Å². The molecule has 0 saturated heterocycles. The molecule has 1 aromatic carbocycles. The van der Waals surface area contributed by atoms with Gasteiger partial charge in [0.15, 0.2) is 0 Å². The van der Waals surface area contributed by atoms with E-state index in [-0.39, 0.29) is 12.1 Å². The summed E-state index contributed by atoms with van der Waals surface area (Å²) in [6, 6.07) is 3.69. The molecule has 118 valence electrons. The van der Waals surface area contributed by atoms with Gasteiger partial charge in [-0.15, -0.1) is 0 Å². The summed E-state index contributed by atoms with van der Waals surface area (Å²) in [5.41, 5.74) is -1.50. The first-order valence-corrected chi connectivity index (χ1v) is 6.27. The highest BCUT2D eigenvalue weighted by molar-refractivity contribution is 5.67. The van der Waals surface area contributed by atoms with Crippen molar-refractivity contribution in [2.24, 2.45) is 0 Å². The minimum atomic E-state index is -4.46. The molecule has 7 heteroatoms. The van der Waals surface area contributed by atoms with E-state index in [2.05, 4.69) is 5.32 Å². The average Bonchev–Trinajstić information content (AvgIpc) is 2.33. The van der Waals surface area contributed by atoms with Gasteiger partial charge in [-0.25, -0.2) is 9.18 Å². The van der Waals surface area contributed by atoms with Gasteiger partial charge in [0.1, 0.15) is 11.8 Å². The Balaban J connectivity index is 2.56. The molecule has 0 aliphatic rings. The Kier molecular flexibility index (Phi) is 5.20. The Bertz CT molecular complexity index is 477. The predicted molar refractivity (Wildman–Crippen MR) is 69.5 cm³/mol. The predicted octanol–water partition coefficient (Wildman–Crippen LogP) is 4.24. The van der Waals surface area contributed by atoms with Crippen LogP contribution in [0.2, 0.25) is 0 Å². The second-order valence-corrected chi connectivity index (χ2v) is 5.47. The molecule has 0 spiro atoms. The molecule has 0 radical (unpaired) electrons. The first kappa shape index (κ1) is 17.3. The number of carbonyl (C=O) groups is 1. The van der Waals surface area contributed by atoms with E-state index in [4.69, 9.17) is 4.74 Å². The van der Waals surface area contributed by atoms with E-state index in [0.29, 0.717) is 0 Å². The van der Waals surface area contributed by atoms with Crippen molar-refractivity contribution >= 4 is 6.09 Å². The highest BCUT2D eigenvalue weighted by Gasteiger charge is 2.30. The zero-order valence-corrected chi connectivity index (χ0v) is 11.9. The molecule has 1 amide bonds. The van der Waals surface area contributed by atoms with Crippen molar-refractivity contribution in [2.45, 2.75) is 38.7 Å². The van der Waals surface area contributed by atoms with Crippen LogP contribution in [0.4, 0.5) is 22.4 Å². The number of amides is 1. The van der Waals surface area contributed by atoms with Gasteiger partial charge in [0.2, 0.25) is 0 Å². The van der Waals surface area contributed by atoms with Gasteiger partial charge in [-0.1, -0.05) is 12.1 Å². The summed E-state index contributed by atoms with van der Waals surface area (Å²) in [4.78, 5) is 11.3. The number of hydrogen-bond acceptors (Lipinski definition) is 2. The van der Waals surface area contributed by atoms with Crippen molar-refractivity contribution in [3.8, 4) is 0 Å². The highest BCUT2D eigenvalue weighted by atomic mass is 19.4. The molecule has 0 heterocycles.